The molecule has 1 aliphatic heterocycles. The van der Waals surface area contributed by atoms with Gasteiger partial charge in [0.15, 0.2) is 6.10 Å². The fraction of sp³-hybridized carbons (Fsp3) is 0.333. The van der Waals surface area contributed by atoms with E-state index in [2.05, 4.69) is 26.7 Å². The predicted molar refractivity (Wildman–Crippen MR) is 85.9 cm³/mol. The fourth-order valence-corrected chi connectivity index (χ4v) is 3.08. The van der Waals surface area contributed by atoms with E-state index < -0.39 is 0 Å². The van der Waals surface area contributed by atoms with Gasteiger partial charge in [-0.2, -0.15) is 4.98 Å². The van der Waals surface area contributed by atoms with Crippen molar-refractivity contribution in [2.45, 2.75) is 31.4 Å². The molecule has 3 heterocycles. The Kier molecular flexibility index (Phi) is 2.80. The van der Waals surface area contributed by atoms with Crippen LogP contribution in [-0.2, 0) is 6.54 Å². The number of rotatable bonds is 4. The summed E-state index contributed by atoms with van der Waals surface area (Å²) in [5, 5.41) is 0. The molecule has 1 saturated carbocycles. The quantitative estimate of drug-likeness (QED) is 0.743. The average Bonchev–Trinajstić information content (AvgIpc) is 3.27. The van der Waals surface area contributed by atoms with Gasteiger partial charge >= 0.3 is 0 Å². The van der Waals surface area contributed by atoms with Crippen LogP contribution in [0.2, 0.25) is 0 Å². The summed E-state index contributed by atoms with van der Waals surface area (Å²) in [4.78, 5) is 8.98. The zero-order valence-electron chi connectivity index (χ0n) is 12.7. The van der Waals surface area contributed by atoms with E-state index in [-0.39, 0.29) is 6.10 Å². The Morgan fingerprint density at radius 2 is 2.09 bits per heavy atom. The highest BCUT2D eigenvalue weighted by Crippen LogP contribution is 2.39. The van der Waals surface area contributed by atoms with E-state index in [1.807, 2.05) is 30.5 Å². The second-order valence-electron chi connectivity index (χ2n) is 6.24. The zero-order valence-corrected chi connectivity index (χ0v) is 12.7. The third kappa shape index (κ3) is 2.32. The minimum Gasteiger partial charge on any atom is -0.488 e. The molecule has 0 amide bonds. The first-order valence-corrected chi connectivity index (χ1v) is 8.07. The molecule has 1 atom stereocenters. The molecule has 2 aromatic heterocycles. The Hall–Kier alpha value is -2.56. The van der Waals surface area contributed by atoms with Crippen LogP contribution in [0.5, 0.6) is 11.8 Å². The lowest BCUT2D eigenvalue weighted by Crippen LogP contribution is -2.23. The van der Waals surface area contributed by atoms with Crippen LogP contribution in [0.4, 0.5) is 0 Å². The molecular weight excluding hydrogens is 290 g/mol. The third-order valence-corrected chi connectivity index (χ3v) is 4.47. The SMILES string of the molecule is c1ccc2c(c1)nc1n2C[C@@H](COc2ccc(C3CC3)nc2)O1. The minimum absolute atomic E-state index is 0.00906. The largest absolute Gasteiger partial charge is 0.488 e. The van der Waals surface area contributed by atoms with Crippen molar-refractivity contribution in [1.29, 1.82) is 0 Å². The van der Waals surface area contributed by atoms with E-state index in [9.17, 15) is 0 Å². The topological polar surface area (TPSA) is 49.2 Å². The maximum absolute atomic E-state index is 5.89. The minimum atomic E-state index is -0.00906. The van der Waals surface area contributed by atoms with Crippen LogP contribution in [0.25, 0.3) is 11.0 Å². The molecule has 116 valence electrons. The molecular formula is C18H17N3O2. The van der Waals surface area contributed by atoms with Crippen molar-refractivity contribution in [2.24, 2.45) is 0 Å². The molecule has 0 spiro atoms. The number of imidazole rings is 1. The molecule has 1 fully saturated rings. The van der Waals surface area contributed by atoms with Crippen molar-refractivity contribution >= 4 is 11.0 Å². The summed E-state index contributed by atoms with van der Waals surface area (Å²) < 4.78 is 13.8. The van der Waals surface area contributed by atoms with Gasteiger partial charge in [0.05, 0.1) is 23.8 Å². The smallest absolute Gasteiger partial charge is 0.297 e. The van der Waals surface area contributed by atoms with Gasteiger partial charge in [-0.05, 0) is 37.1 Å². The summed E-state index contributed by atoms with van der Waals surface area (Å²) in [7, 11) is 0. The van der Waals surface area contributed by atoms with Gasteiger partial charge in [-0.3, -0.25) is 9.55 Å². The molecule has 0 unspecified atom stereocenters. The molecule has 0 radical (unpaired) electrons. The maximum atomic E-state index is 5.89. The second-order valence-corrected chi connectivity index (χ2v) is 6.24. The summed E-state index contributed by atoms with van der Waals surface area (Å²) in [5.74, 6) is 1.47. The van der Waals surface area contributed by atoms with E-state index >= 15 is 0 Å². The monoisotopic (exact) mass is 307 g/mol. The summed E-state index contributed by atoms with van der Waals surface area (Å²) in [6.07, 6.45) is 4.34. The lowest BCUT2D eigenvalue weighted by Gasteiger charge is -2.11. The number of fused-ring (bicyclic) bond motifs is 3. The Bertz CT molecular complexity index is 852. The van der Waals surface area contributed by atoms with Crippen molar-refractivity contribution in [3.63, 3.8) is 0 Å². The van der Waals surface area contributed by atoms with Gasteiger partial charge in [-0.1, -0.05) is 12.1 Å². The van der Waals surface area contributed by atoms with Crippen molar-refractivity contribution < 1.29 is 9.47 Å². The molecule has 2 aliphatic rings. The Labute approximate surface area is 133 Å². The van der Waals surface area contributed by atoms with Crippen LogP contribution in [0, 0.1) is 0 Å². The van der Waals surface area contributed by atoms with Crippen LogP contribution in [-0.4, -0.2) is 27.2 Å². The number of hydrogen-bond donors (Lipinski definition) is 0. The van der Waals surface area contributed by atoms with Crippen LogP contribution < -0.4 is 9.47 Å². The van der Waals surface area contributed by atoms with Crippen LogP contribution >= 0.6 is 0 Å². The molecule has 1 aromatic carbocycles. The lowest BCUT2D eigenvalue weighted by atomic mass is 10.2. The first-order chi connectivity index (χ1) is 11.4. The lowest BCUT2D eigenvalue weighted by molar-refractivity contribution is 0.143. The normalized spacial score (nSPS) is 19.6. The highest BCUT2D eigenvalue weighted by molar-refractivity contribution is 5.76. The highest BCUT2D eigenvalue weighted by Gasteiger charge is 2.27. The van der Waals surface area contributed by atoms with E-state index in [1.165, 1.54) is 18.5 Å². The van der Waals surface area contributed by atoms with E-state index in [0.29, 0.717) is 18.5 Å². The van der Waals surface area contributed by atoms with Gasteiger partial charge in [0.1, 0.15) is 12.4 Å². The Balaban J connectivity index is 1.25. The summed E-state index contributed by atoms with van der Waals surface area (Å²) >= 11 is 0. The molecule has 1 aliphatic carbocycles. The van der Waals surface area contributed by atoms with Gasteiger partial charge in [-0.25, -0.2) is 0 Å². The van der Waals surface area contributed by atoms with Gasteiger partial charge < -0.3 is 9.47 Å². The number of benzene rings is 1. The summed E-state index contributed by atoms with van der Waals surface area (Å²) in [6, 6.07) is 12.8. The number of para-hydroxylation sites is 2. The van der Waals surface area contributed by atoms with E-state index in [1.54, 1.807) is 0 Å². The molecule has 0 bridgehead atoms. The third-order valence-electron chi connectivity index (χ3n) is 4.47. The van der Waals surface area contributed by atoms with Crippen molar-refractivity contribution in [3.05, 3.63) is 48.3 Å². The molecule has 3 aromatic rings. The Morgan fingerprint density at radius 3 is 2.91 bits per heavy atom. The summed E-state index contributed by atoms with van der Waals surface area (Å²) in [5.41, 5.74) is 3.27. The average molecular weight is 307 g/mol. The second kappa shape index (κ2) is 4.98. The summed E-state index contributed by atoms with van der Waals surface area (Å²) in [6.45, 7) is 1.27. The highest BCUT2D eigenvalue weighted by atomic mass is 16.6. The number of hydrogen-bond acceptors (Lipinski definition) is 4. The number of ether oxygens (including phenoxy) is 2. The molecule has 5 rings (SSSR count). The van der Waals surface area contributed by atoms with Gasteiger partial charge in [-0.15, -0.1) is 0 Å². The fourth-order valence-electron chi connectivity index (χ4n) is 3.08. The molecule has 23 heavy (non-hydrogen) atoms. The zero-order chi connectivity index (χ0) is 15.2. The maximum Gasteiger partial charge on any atom is 0.297 e. The standard InChI is InChI=1S/C18H17N3O2/c1-2-4-17-16(3-1)20-18-21(17)10-14(23-18)11-22-13-7-8-15(19-9-13)12-5-6-12/h1-4,7-9,12,14H,5-6,10-11H2/t14-/m0/s1. The van der Waals surface area contributed by atoms with Crippen LogP contribution in [0.3, 0.4) is 0 Å². The molecule has 0 N–H and O–H groups in total. The Morgan fingerprint density at radius 1 is 1.17 bits per heavy atom. The van der Waals surface area contributed by atoms with Gasteiger partial charge in [0, 0.05) is 11.6 Å². The predicted octanol–water partition coefficient (Wildman–Crippen LogP) is 3.15. The first-order valence-electron chi connectivity index (χ1n) is 8.07. The van der Waals surface area contributed by atoms with Gasteiger partial charge in [0.2, 0.25) is 0 Å². The van der Waals surface area contributed by atoms with E-state index in [4.69, 9.17) is 9.47 Å². The van der Waals surface area contributed by atoms with Crippen molar-refractivity contribution in [1.82, 2.24) is 14.5 Å². The van der Waals surface area contributed by atoms with Crippen LogP contribution in [0.15, 0.2) is 42.6 Å². The number of aromatic nitrogens is 3. The van der Waals surface area contributed by atoms with Crippen molar-refractivity contribution in [3.8, 4) is 11.8 Å². The molecule has 5 nitrogen and oxygen atoms in total. The van der Waals surface area contributed by atoms with Crippen LogP contribution in [0.1, 0.15) is 24.5 Å². The van der Waals surface area contributed by atoms with Crippen molar-refractivity contribution in [2.75, 3.05) is 6.61 Å². The number of pyridine rings is 1. The molecule has 5 heteroatoms. The first kappa shape index (κ1) is 12.9. The van der Waals surface area contributed by atoms with Gasteiger partial charge in [0.25, 0.3) is 6.01 Å². The molecule has 0 saturated heterocycles. The number of nitrogens with zero attached hydrogens (tertiary/aromatic N) is 3. The van der Waals surface area contributed by atoms with E-state index in [0.717, 1.165) is 23.3 Å².